The third kappa shape index (κ3) is 11.1. The first kappa shape index (κ1) is 17.3. The normalized spacial score (nSPS) is 9.89. The van der Waals surface area contributed by atoms with Gasteiger partial charge in [-0.3, -0.25) is 9.59 Å². The summed E-state index contributed by atoms with van der Waals surface area (Å²) in [7, 11) is 0. The van der Waals surface area contributed by atoms with Gasteiger partial charge in [-0.2, -0.15) is 0 Å². The molecule has 0 aliphatic rings. The lowest BCUT2D eigenvalue weighted by atomic mass is 10.2. The maximum Gasteiger partial charge on any atom is 0.372 e. The number of esters is 1. The number of hydrogen-bond donors (Lipinski definition) is 1. The molecule has 0 saturated carbocycles. The van der Waals surface area contributed by atoms with E-state index in [9.17, 15) is 14.4 Å². The Morgan fingerprint density at radius 1 is 1.00 bits per heavy atom. The van der Waals surface area contributed by atoms with Crippen molar-refractivity contribution in [3.8, 4) is 0 Å². The molecule has 0 bridgehead atoms. The predicted octanol–water partition coefficient (Wildman–Crippen LogP) is 0.183. The van der Waals surface area contributed by atoms with Crippen LogP contribution in [0.3, 0.4) is 0 Å². The fourth-order valence-electron chi connectivity index (χ4n) is 0.996. The highest BCUT2D eigenvalue weighted by Crippen LogP contribution is 1.95. The van der Waals surface area contributed by atoms with Crippen molar-refractivity contribution in [2.24, 2.45) is 0 Å². The van der Waals surface area contributed by atoms with Crippen LogP contribution in [-0.4, -0.2) is 55.9 Å². The monoisotopic (exact) mass is 274 g/mol. The van der Waals surface area contributed by atoms with Crippen LogP contribution in [0.2, 0.25) is 0 Å². The Bertz CT molecular complexity index is 311. The molecule has 0 saturated heterocycles. The van der Waals surface area contributed by atoms with E-state index in [0.29, 0.717) is 19.8 Å². The average Bonchev–Trinajstić information content (AvgIpc) is 2.38. The molecule has 0 fully saturated rings. The Hall–Kier alpha value is -1.73. The zero-order valence-electron chi connectivity index (χ0n) is 10.6. The molecule has 0 amide bonds. The largest absolute Gasteiger partial charge is 0.476 e. The number of Topliss-reactive ketones (excluding diaryl/α,β-unsaturated/α-hetero) is 1. The number of ether oxygens (including phenoxy) is 3. The molecular formula is C12H18O7. The van der Waals surface area contributed by atoms with Crippen LogP contribution in [0.15, 0.2) is 12.7 Å². The lowest BCUT2D eigenvalue weighted by Gasteiger charge is -2.05. The second kappa shape index (κ2) is 11.4. The smallest absolute Gasteiger partial charge is 0.372 e. The molecule has 108 valence electrons. The van der Waals surface area contributed by atoms with Gasteiger partial charge in [0, 0.05) is 6.42 Å². The molecule has 0 unspecified atom stereocenters. The van der Waals surface area contributed by atoms with Gasteiger partial charge in [0.1, 0.15) is 6.61 Å². The lowest BCUT2D eigenvalue weighted by Crippen LogP contribution is -2.16. The molecular weight excluding hydrogens is 256 g/mol. The molecule has 19 heavy (non-hydrogen) atoms. The van der Waals surface area contributed by atoms with Crippen LogP contribution in [0.5, 0.6) is 0 Å². The van der Waals surface area contributed by atoms with Gasteiger partial charge in [-0.1, -0.05) is 6.08 Å². The van der Waals surface area contributed by atoms with Crippen LogP contribution in [0.1, 0.15) is 12.8 Å². The highest BCUT2D eigenvalue weighted by atomic mass is 16.6. The van der Waals surface area contributed by atoms with Gasteiger partial charge < -0.3 is 19.3 Å². The summed E-state index contributed by atoms with van der Waals surface area (Å²) in [5.41, 5.74) is 0. The number of ketones is 1. The van der Waals surface area contributed by atoms with Crippen molar-refractivity contribution in [3.05, 3.63) is 12.7 Å². The van der Waals surface area contributed by atoms with E-state index in [1.54, 1.807) is 6.08 Å². The minimum absolute atomic E-state index is 0.0571. The van der Waals surface area contributed by atoms with E-state index in [1.807, 2.05) is 0 Å². The fraction of sp³-hybridized carbons (Fsp3) is 0.583. The zero-order chi connectivity index (χ0) is 14.5. The zero-order valence-corrected chi connectivity index (χ0v) is 10.6. The van der Waals surface area contributed by atoms with Crippen molar-refractivity contribution in [2.45, 2.75) is 12.8 Å². The molecule has 0 aliphatic carbocycles. The number of hydrogen-bond acceptors (Lipinski definition) is 6. The summed E-state index contributed by atoms with van der Waals surface area (Å²) in [6.45, 7) is 5.02. The maximum atomic E-state index is 11.1. The van der Waals surface area contributed by atoms with Crippen molar-refractivity contribution >= 4 is 17.7 Å². The molecule has 0 rings (SSSR count). The van der Waals surface area contributed by atoms with Crippen molar-refractivity contribution in [1.29, 1.82) is 0 Å². The van der Waals surface area contributed by atoms with Crippen LogP contribution < -0.4 is 0 Å². The van der Waals surface area contributed by atoms with Gasteiger partial charge in [0.15, 0.2) is 0 Å². The molecule has 0 aromatic rings. The van der Waals surface area contributed by atoms with E-state index in [2.05, 4.69) is 6.58 Å². The van der Waals surface area contributed by atoms with E-state index >= 15 is 0 Å². The molecule has 0 aliphatic heterocycles. The van der Waals surface area contributed by atoms with Crippen LogP contribution in [-0.2, 0) is 28.6 Å². The molecule has 0 aromatic carbocycles. The first-order chi connectivity index (χ1) is 9.07. The molecule has 7 nitrogen and oxygen atoms in total. The summed E-state index contributed by atoms with van der Waals surface area (Å²) in [5, 5.41) is 8.29. The molecule has 0 radical (unpaired) electrons. The Morgan fingerprint density at radius 3 is 2.26 bits per heavy atom. The number of carbonyl (C=O) groups is 3. The molecule has 0 atom stereocenters. The number of aliphatic carboxylic acids is 1. The second-order valence-electron chi connectivity index (χ2n) is 3.42. The molecule has 0 spiro atoms. The summed E-state index contributed by atoms with van der Waals surface area (Å²) in [6.07, 6.45) is 1.03. The SMILES string of the molecule is C=CCOCCOCCOC(=O)CCC(=O)C(=O)O. The van der Waals surface area contributed by atoms with Gasteiger partial charge in [-0.05, 0) is 0 Å². The summed E-state index contributed by atoms with van der Waals surface area (Å²) in [6, 6.07) is 0. The third-order valence-electron chi connectivity index (χ3n) is 1.89. The van der Waals surface area contributed by atoms with Crippen molar-refractivity contribution in [2.75, 3.05) is 33.0 Å². The maximum absolute atomic E-state index is 11.1. The predicted molar refractivity (Wildman–Crippen MR) is 64.7 cm³/mol. The van der Waals surface area contributed by atoms with Gasteiger partial charge in [-0.25, -0.2) is 4.79 Å². The highest BCUT2D eigenvalue weighted by Gasteiger charge is 2.13. The number of rotatable bonds is 12. The van der Waals surface area contributed by atoms with Crippen LogP contribution in [0, 0.1) is 0 Å². The van der Waals surface area contributed by atoms with Gasteiger partial charge in [0.05, 0.1) is 32.8 Å². The minimum Gasteiger partial charge on any atom is -0.476 e. The molecule has 7 heteroatoms. The van der Waals surface area contributed by atoms with Crippen LogP contribution in [0.4, 0.5) is 0 Å². The van der Waals surface area contributed by atoms with Crippen LogP contribution >= 0.6 is 0 Å². The molecule has 1 N–H and O–H groups in total. The quantitative estimate of drug-likeness (QED) is 0.234. The number of carboxylic acids is 1. The number of carboxylic acid groups (broad SMARTS) is 1. The first-order valence-corrected chi connectivity index (χ1v) is 5.76. The van der Waals surface area contributed by atoms with Crippen molar-refractivity contribution in [3.63, 3.8) is 0 Å². The fourth-order valence-corrected chi connectivity index (χ4v) is 0.996. The third-order valence-corrected chi connectivity index (χ3v) is 1.89. The Labute approximate surface area is 111 Å². The number of carbonyl (C=O) groups excluding carboxylic acids is 2. The Morgan fingerprint density at radius 2 is 1.63 bits per heavy atom. The summed E-state index contributed by atoms with van der Waals surface area (Å²) >= 11 is 0. The second-order valence-corrected chi connectivity index (χ2v) is 3.42. The van der Waals surface area contributed by atoms with Crippen molar-refractivity contribution < 1.29 is 33.7 Å². The van der Waals surface area contributed by atoms with Gasteiger partial charge >= 0.3 is 11.9 Å². The van der Waals surface area contributed by atoms with E-state index in [1.165, 1.54) is 0 Å². The standard InChI is InChI=1S/C12H18O7/c1-2-5-17-6-7-18-8-9-19-11(14)4-3-10(13)12(15)16/h2H,1,3-9H2,(H,15,16). The van der Waals surface area contributed by atoms with Crippen LogP contribution in [0.25, 0.3) is 0 Å². The Kier molecular flexibility index (Phi) is 10.3. The summed E-state index contributed by atoms with van der Waals surface area (Å²) in [4.78, 5) is 32.0. The summed E-state index contributed by atoms with van der Waals surface area (Å²) in [5.74, 6) is -3.18. The van der Waals surface area contributed by atoms with Gasteiger partial charge in [-0.15, -0.1) is 6.58 Å². The van der Waals surface area contributed by atoms with Gasteiger partial charge in [0.2, 0.25) is 5.78 Å². The lowest BCUT2D eigenvalue weighted by molar-refractivity contribution is -0.151. The van der Waals surface area contributed by atoms with Gasteiger partial charge in [0.25, 0.3) is 0 Å². The van der Waals surface area contributed by atoms with E-state index in [-0.39, 0.29) is 26.1 Å². The summed E-state index contributed by atoms with van der Waals surface area (Å²) < 4.78 is 14.9. The van der Waals surface area contributed by atoms with E-state index in [0.717, 1.165) is 0 Å². The minimum atomic E-state index is -1.55. The molecule has 0 heterocycles. The van der Waals surface area contributed by atoms with Crippen molar-refractivity contribution in [1.82, 2.24) is 0 Å². The van der Waals surface area contributed by atoms with E-state index < -0.39 is 17.7 Å². The topological polar surface area (TPSA) is 99.1 Å². The molecule has 0 aromatic heterocycles. The average molecular weight is 274 g/mol. The first-order valence-electron chi connectivity index (χ1n) is 5.76. The Balaban J connectivity index is 3.36. The highest BCUT2D eigenvalue weighted by molar-refractivity contribution is 6.32. The van der Waals surface area contributed by atoms with E-state index in [4.69, 9.17) is 19.3 Å².